The molecule has 1 aliphatic rings. The van der Waals surface area contributed by atoms with E-state index in [-0.39, 0.29) is 17.9 Å². The van der Waals surface area contributed by atoms with Crippen molar-refractivity contribution in [3.05, 3.63) is 11.7 Å². The summed E-state index contributed by atoms with van der Waals surface area (Å²) in [5, 5.41) is 3.72. The second-order valence-corrected chi connectivity index (χ2v) is 4.08. The maximum atomic E-state index is 11.8. The average molecular weight is 209 g/mol. The van der Waals surface area contributed by atoms with Gasteiger partial charge in [0.05, 0.1) is 0 Å². The molecule has 5 nitrogen and oxygen atoms in total. The number of carbonyl (C=O) groups is 1. The first-order valence-corrected chi connectivity index (χ1v) is 5.16. The normalized spacial score (nSPS) is 17.5. The highest BCUT2D eigenvalue weighted by molar-refractivity contribution is 5.81. The number of aromatic nitrogens is 2. The van der Waals surface area contributed by atoms with Crippen LogP contribution in [0.25, 0.3) is 0 Å². The number of hydrogen-bond acceptors (Lipinski definition) is 4. The molecule has 1 aliphatic carbocycles. The topological polar surface area (TPSA) is 59.2 Å². The van der Waals surface area contributed by atoms with Gasteiger partial charge in [0.25, 0.3) is 0 Å². The summed E-state index contributed by atoms with van der Waals surface area (Å²) in [6.45, 7) is 3.66. The van der Waals surface area contributed by atoms with E-state index < -0.39 is 0 Å². The van der Waals surface area contributed by atoms with Crippen LogP contribution in [0, 0.1) is 12.8 Å². The monoisotopic (exact) mass is 209 g/mol. The zero-order chi connectivity index (χ0) is 11.0. The minimum atomic E-state index is -0.140. The molecule has 1 unspecified atom stereocenters. The quantitative estimate of drug-likeness (QED) is 0.753. The predicted molar refractivity (Wildman–Crippen MR) is 52.9 cm³/mol. The predicted octanol–water partition coefficient (Wildman–Crippen LogP) is 1.31. The van der Waals surface area contributed by atoms with Crippen molar-refractivity contribution in [3.8, 4) is 0 Å². The fourth-order valence-electron chi connectivity index (χ4n) is 1.46. The zero-order valence-electron chi connectivity index (χ0n) is 9.23. The first-order valence-electron chi connectivity index (χ1n) is 5.16. The number of rotatable bonds is 3. The fourth-order valence-corrected chi connectivity index (χ4v) is 1.46. The van der Waals surface area contributed by atoms with Crippen molar-refractivity contribution in [2.45, 2.75) is 32.7 Å². The molecule has 0 bridgehead atoms. The van der Waals surface area contributed by atoms with Crippen LogP contribution in [-0.2, 0) is 4.79 Å². The number of aryl methyl sites for hydroxylation is 1. The Morgan fingerprint density at radius 1 is 1.60 bits per heavy atom. The van der Waals surface area contributed by atoms with Crippen LogP contribution in [0.3, 0.4) is 0 Å². The molecule has 1 aromatic heterocycles. The molecule has 1 saturated carbocycles. The summed E-state index contributed by atoms with van der Waals surface area (Å²) < 4.78 is 5.04. The summed E-state index contributed by atoms with van der Waals surface area (Å²) in [4.78, 5) is 17.6. The van der Waals surface area contributed by atoms with Crippen LogP contribution in [0.2, 0.25) is 0 Å². The van der Waals surface area contributed by atoms with Crippen LogP contribution < -0.4 is 0 Å². The van der Waals surface area contributed by atoms with Crippen LogP contribution in [0.15, 0.2) is 4.52 Å². The molecule has 0 radical (unpaired) electrons. The summed E-state index contributed by atoms with van der Waals surface area (Å²) in [7, 11) is 1.78. The van der Waals surface area contributed by atoms with Gasteiger partial charge < -0.3 is 9.42 Å². The van der Waals surface area contributed by atoms with Gasteiger partial charge in [0.1, 0.15) is 6.04 Å². The van der Waals surface area contributed by atoms with Crippen LogP contribution in [0.5, 0.6) is 0 Å². The van der Waals surface area contributed by atoms with Crippen LogP contribution in [-0.4, -0.2) is 28.0 Å². The Bertz CT molecular complexity index is 370. The molecule has 82 valence electrons. The minimum Gasteiger partial charge on any atom is -0.337 e. The van der Waals surface area contributed by atoms with Gasteiger partial charge in [0.15, 0.2) is 5.82 Å². The van der Waals surface area contributed by atoms with Gasteiger partial charge in [-0.15, -0.1) is 0 Å². The summed E-state index contributed by atoms with van der Waals surface area (Å²) in [6.07, 6.45) is 2.03. The van der Waals surface area contributed by atoms with Crippen LogP contribution >= 0.6 is 0 Å². The second-order valence-electron chi connectivity index (χ2n) is 4.08. The first kappa shape index (κ1) is 10.1. The van der Waals surface area contributed by atoms with Crippen molar-refractivity contribution in [2.75, 3.05) is 7.05 Å². The molecule has 0 saturated heterocycles. The molecule has 1 fully saturated rings. The molecule has 0 N–H and O–H groups in total. The largest absolute Gasteiger partial charge is 0.337 e. The molecular formula is C10H15N3O2. The Morgan fingerprint density at radius 3 is 2.73 bits per heavy atom. The van der Waals surface area contributed by atoms with E-state index in [9.17, 15) is 4.79 Å². The Morgan fingerprint density at radius 2 is 2.27 bits per heavy atom. The molecule has 15 heavy (non-hydrogen) atoms. The van der Waals surface area contributed by atoms with Crippen molar-refractivity contribution in [1.82, 2.24) is 15.0 Å². The van der Waals surface area contributed by atoms with Crippen molar-refractivity contribution in [2.24, 2.45) is 5.92 Å². The van der Waals surface area contributed by atoms with E-state index in [1.807, 2.05) is 6.92 Å². The van der Waals surface area contributed by atoms with E-state index in [1.165, 1.54) is 0 Å². The Hall–Kier alpha value is -1.39. The second kappa shape index (κ2) is 3.64. The fraction of sp³-hybridized carbons (Fsp3) is 0.700. The third-order valence-corrected chi connectivity index (χ3v) is 2.76. The number of amides is 1. The van der Waals surface area contributed by atoms with Crippen molar-refractivity contribution >= 4 is 5.91 Å². The lowest BCUT2D eigenvalue weighted by molar-refractivity contribution is -0.133. The number of nitrogens with zero attached hydrogens (tertiary/aromatic N) is 3. The molecule has 1 aromatic rings. The van der Waals surface area contributed by atoms with Gasteiger partial charge in [-0.05, 0) is 26.7 Å². The average Bonchev–Trinajstić information content (AvgIpc) is 2.98. The molecular weight excluding hydrogens is 194 g/mol. The van der Waals surface area contributed by atoms with Gasteiger partial charge in [0.2, 0.25) is 11.8 Å². The highest BCUT2D eigenvalue weighted by Crippen LogP contribution is 2.32. The molecule has 1 atom stereocenters. The van der Waals surface area contributed by atoms with E-state index >= 15 is 0 Å². The Kier molecular flexibility index (Phi) is 2.46. The molecule has 1 amide bonds. The molecule has 0 aliphatic heterocycles. The minimum absolute atomic E-state index is 0.140. The van der Waals surface area contributed by atoms with Gasteiger partial charge in [-0.3, -0.25) is 4.79 Å². The molecule has 0 aromatic carbocycles. The summed E-state index contributed by atoms with van der Waals surface area (Å²) in [5.74, 6) is 1.51. The summed E-state index contributed by atoms with van der Waals surface area (Å²) >= 11 is 0. The summed E-state index contributed by atoms with van der Waals surface area (Å²) in [6, 6.07) is -0.140. The van der Waals surface area contributed by atoms with E-state index in [2.05, 4.69) is 10.1 Å². The lowest BCUT2D eigenvalue weighted by Gasteiger charge is -2.21. The molecule has 5 heteroatoms. The Balaban J connectivity index is 2.06. The van der Waals surface area contributed by atoms with E-state index in [0.29, 0.717) is 11.7 Å². The molecule has 2 rings (SSSR count). The SMILES string of the molecule is Cc1noc(C(C)N(C)C(=O)C2CC2)n1. The van der Waals surface area contributed by atoms with Crippen LogP contribution in [0.4, 0.5) is 0 Å². The van der Waals surface area contributed by atoms with Gasteiger partial charge in [0, 0.05) is 13.0 Å². The maximum absolute atomic E-state index is 11.8. The standard InChI is InChI=1S/C10H15N3O2/c1-6(9-11-7(2)12-15-9)13(3)10(14)8-4-5-8/h6,8H,4-5H2,1-3H3. The highest BCUT2D eigenvalue weighted by Gasteiger charge is 2.34. The number of carbonyl (C=O) groups excluding carboxylic acids is 1. The number of hydrogen-bond donors (Lipinski definition) is 0. The van der Waals surface area contributed by atoms with Crippen molar-refractivity contribution in [1.29, 1.82) is 0 Å². The smallest absolute Gasteiger partial charge is 0.249 e. The lowest BCUT2D eigenvalue weighted by atomic mass is 10.2. The van der Waals surface area contributed by atoms with Gasteiger partial charge in [-0.25, -0.2) is 0 Å². The molecule has 0 spiro atoms. The highest BCUT2D eigenvalue weighted by atomic mass is 16.5. The third-order valence-electron chi connectivity index (χ3n) is 2.76. The van der Waals surface area contributed by atoms with Gasteiger partial charge in [-0.2, -0.15) is 4.98 Å². The third kappa shape index (κ3) is 2.00. The Labute approximate surface area is 88.5 Å². The summed E-state index contributed by atoms with van der Waals surface area (Å²) in [5.41, 5.74) is 0. The first-order chi connectivity index (χ1) is 7.09. The van der Waals surface area contributed by atoms with Crippen molar-refractivity contribution in [3.63, 3.8) is 0 Å². The van der Waals surface area contributed by atoms with Crippen molar-refractivity contribution < 1.29 is 9.32 Å². The van der Waals surface area contributed by atoms with Gasteiger partial charge in [-0.1, -0.05) is 5.16 Å². The van der Waals surface area contributed by atoms with Crippen LogP contribution in [0.1, 0.15) is 37.5 Å². The van der Waals surface area contributed by atoms with Gasteiger partial charge >= 0.3 is 0 Å². The zero-order valence-corrected chi connectivity index (χ0v) is 9.23. The maximum Gasteiger partial charge on any atom is 0.249 e. The van der Waals surface area contributed by atoms with E-state index in [0.717, 1.165) is 12.8 Å². The van der Waals surface area contributed by atoms with E-state index in [1.54, 1.807) is 18.9 Å². The lowest BCUT2D eigenvalue weighted by Crippen LogP contribution is -2.31. The molecule has 1 heterocycles. The van der Waals surface area contributed by atoms with E-state index in [4.69, 9.17) is 4.52 Å².